The van der Waals surface area contributed by atoms with Gasteiger partial charge in [0.15, 0.2) is 0 Å². The molecule has 0 spiro atoms. The van der Waals surface area contributed by atoms with E-state index in [-0.39, 0.29) is 58.2 Å². The molecule has 2 heteroatoms. The zero-order valence-corrected chi connectivity index (χ0v) is 11.3. The molecular weight excluding hydrogens is 184 g/mol. The molecule has 0 saturated carbocycles. The van der Waals surface area contributed by atoms with Crippen molar-refractivity contribution in [1.29, 1.82) is 0 Å². The largest absolute Gasteiger partial charge is 1.00 e. The number of aliphatic imine (C=N–C) groups is 1. The molecule has 9 heavy (non-hydrogen) atoms. The average molecular weight is 194 g/mol. The predicted octanol–water partition coefficient (Wildman–Crippen LogP) is -1.05. The molecule has 0 saturated heterocycles. The molecule has 1 aliphatic rings. The van der Waals surface area contributed by atoms with Crippen LogP contribution in [0.15, 0.2) is 10.7 Å². The van der Waals surface area contributed by atoms with E-state index < -0.39 is 0 Å². The van der Waals surface area contributed by atoms with Crippen molar-refractivity contribution < 1.29 is 58.2 Å². The molecule has 0 aromatic heterocycles. The third-order valence-corrected chi connectivity index (χ3v) is 1.21. The maximum Gasteiger partial charge on any atom is 1.00 e. The predicted molar refractivity (Wildman–Crippen MR) is 34.8 cm³/mol. The van der Waals surface area contributed by atoms with Gasteiger partial charge in [0.1, 0.15) is 0 Å². The van der Waals surface area contributed by atoms with E-state index in [1.54, 1.807) is 0 Å². The SMILES string of the molecule is CCC1=[C-]CC(C)=N1.[Rb+]. The Morgan fingerprint density at radius 3 is 2.56 bits per heavy atom. The summed E-state index contributed by atoms with van der Waals surface area (Å²) < 4.78 is 0. The van der Waals surface area contributed by atoms with Gasteiger partial charge in [-0.05, 0) is 19.1 Å². The molecule has 0 aromatic rings. The van der Waals surface area contributed by atoms with Crippen LogP contribution in [0.2, 0.25) is 0 Å². The van der Waals surface area contributed by atoms with E-state index in [9.17, 15) is 0 Å². The van der Waals surface area contributed by atoms with Crippen molar-refractivity contribution in [2.75, 3.05) is 0 Å². The molecule has 0 unspecified atom stereocenters. The molecule has 0 atom stereocenters. The van der Waals surface area contributed by atoms with Crippen LogP contribution >= 0.6 is 0 Å². The van der Waals surface area contributed by atoms with E-state index in [0.717, 1.165) is 18.5 Å². The molecule has 44 valence electrons. The quantitative estimate of drug-likeness (QED) is 0.472. The van der Waals surface area contributed by atoms with E-state index in [1.807, 2.05) is 6.92 Å². The van der Waals surface area contributed by atoms with Gasteiger partial charge in [-0.3, -0.25) is 0 Å². The number of allylic oxidation sites excluding steroid dienone is 2. The van der Waals surface area contributed by atoms with Crippen LogP contribution in [0.5, 0.6) is 0 Å². The van der Waals surface area contributed by atoms with E-state index in [0.29, 0.717) is 0 Å². The van der Waals surface area contributed by atoms with E-state index in [1.165, 1.54) is 5.71 Å². The molecule has 1 nitrogen and oxygen atoms in total. The van der Waals surface area contributed by atoms with Crippen molar-refractivity contribution >= 4 is 5.71 Å². The Labute approximate surface area is 105 Å². The Balaban J connectivity index is 0.000000640. The smallest absolute Gasteiger partial charge is 0.468 e. The fourth-order valence-electron chi connectivity index (χ4n) is 0.743. The van der Waals surface area contributed by atoms with Gasteiger partial charge < -0.3 is 11.1 Å². The number of hydrogen-bond acceptors (Lipinski definition) is 1. The van der Waals surface area contributed by atoms with Gasteiger partial charge in [-0.25, -0.2) is 0 Å². The third kappa shape index (κ3) is 3.22. The topological polar surface area (TPSA) is 12.4 Å². The van der Waals surface area contributed by atoms with Gasteiger partial charge in [-0.15, -0.1) is 12.1 Å². The molecule has 1 rings (SSSR count). The molecule has 0 fully saturated rings. The molecule has 1 aliphatic heterocycles. The van der Waals surface area contributed by atoms with Crippen molar-refractivity contribution in [2.45, 2.75) is 26.7 Å². The van der Waals surface area contributed by atoms with Gasteiger partial charge in [0.25, 0.3) is 0 Å². The van der Waals surface area contributed by atoms with Crippen LogP contribution in [0.4, 0.5) is 0 Å². The summed E-state index contributed by atoms with van der Waals surface area (Å²) in [5.74, 6) is 0. The van der Waals surface area contributed by atoms with Crippen LogP contribution < -0.4 is 58.2 Å². The summed E-state index contributed by atoms with van der Waals surface area (Å²) in [7, 11) is 0. The Morgan fingerprint density at radius 1 is 1.67 bits per heavy atom. The summed E-state index contributed by atoms with van der Waals surface area (Å²) in [6.07, 6.45) is 5.14. The molecule has 0 radical (unpaired) electrons. The van der Waals surface area contributed by atoms with Crippen molar-refractivity contribution in [1.82, 2.24) is 0 Å². The van der Waals surface area contributed by atoms with E-state index in [2.05, 4.69) is 18.0 Å². The van der Waals surface area contributed by atoms with Crippen LogP contribution in [-0.2, 0) is 0 Å². The maximum absolute atomic E-state index is 4.23. The first-order valence-electron chi connectivity index (χ1n) is 2.96. The Hall–Kier alpha value is 1.22. The van der Waals surface area contributed by atoms with Gasteiger partial charge in [-0.2, -0.15) is 0 Å². The van der Waals surface area contributed by atoms with E-state index in [4.69, 9.17) is 0 Å². The summed E-state index contributed by atoms with van der Waals surface area (Å²) in [5.41, 5.74) is 2.32. The first-order valence-corrected chi connectivity index (χ1v) is 2.96. The number of rotatable bonds is 1. The Bertz CT molecular complexity index is 147. The van der Waals surface area contributed by atoms with Crippen molar-refractivity contribution in [2.24, 2.45) is 4.99 Å². The summed E-state index contributed by atoms with van der Waals surface area (Å²) in [4.78, 5) is 4.23. The molecule has 0 amide bonds. The molecule has 0 aliphatic carbocycles. The van der Waals surface area contributed by atoms with Gasteiger partial charge in [0, 0.05) is 0 Å². The maximum atomic E-state index is 4.23. The zero-order valence-electron chi connectivity index (χ0n) is 6.36. The molecule has 0 aromatic carbocycles. The van der Waals surface area contributed by atoms with Gasteiger partial charge >= 0.3 is 58.2 Å². The second-order valence-electron chi connectivity index (χ2n) is 2.00. The fraction of sp³-hybridized carbons (Fsp3) is 0.571. The minimum atomic E-state index is 0. The Morgan fingerprint density at radius 2 is 2.33 bits per heavy atom. The van der Waals surface area contributed by atoms with Gasteiger partial charge in [0.2, 0.25) is 0 Å². The first-order chi connectivity index (χ1) is 3.83. The summed E-state index contributed by atoms with van der Waals surface area (Å²) in [6, 6.07) is 0. The van der Waals surface area contributed by atoms with Crippen LogP contribution in [0.3, 0.4) is 0 Å². The minimum Gasteiger partial charge on any atom is -0.468 e. The molecule has 0 bridgehead atoms. The van der Waals surface area contributed by atoms with Crippen molar-refractivity contribution in [3.8, 4) is 0 Å². The Kier molecular flexibility index (Phi) is 5.61. The normalized spacial score (nSPS) is 16.2. The molecule has 0 N–H and O–H groups in total. The second kappa shape index (κ2) is 4.94. The molecular formula is C7H10NRb. The second-order valence-corrected chi connectivity index (χ2v) is 2.00. The summed E-state index contributed by atoms with van der Waals surface area (Å²) in [6.45, 7) is 4.14. The third-order valence-electron chi connectivity index (χ3n) is 1.21. The van der Waals surface area contributed by atoms with Crippen LogP contribution in [0, 0.1) is 6.08 Å². The standard InChI is InChI=1S/C7H10N.Rb/c1-3-7-5-4-6(2)8-7;/h3-4H2,1-2H3;/q-1;+1. The van der Waals surface area contributed by atoms with Crippen LogP contribution in [0.1, 0.15) is 26.7 Å². The first kappa shape index (κ1) is 10.2. The number of hydrogen-bond donors (Lipinski definition) is 0. The van der Waals surface area contributed by atoms with E-state index >= 15 is 0 Å². The molecule has 1 heterocycles. The van der Waals surface area contributed by atoms with Crippen LogP contribution in [-0.4, -0.2) is 5.71 Å². The van der Waals surface area contributed by atoms with Gasteiger partial charge in [-0.1, -0.05) is 6.92 Å². The van der Waals surface area contributed by atoms with Gasteiger partial charge in [0.05, 0.1) is 0 Å². The minimum absolute atomic E-state index is 0. The van der Waals surface area contributed by atoms with Crippen LogP contribution in [0.25, 0.3) is 0 Å². The van der Waals surface area contributed by atoms with Crippen molar-refractivity contribution in [3.63, 3.8) is 0 Å². The zero-order chi connectivity index (χ0) is 5.98. The summed E-state index contributed by atoms with van der Waals surface area (Å²) in [5, 5.41) is 0. The fourth-order valence-corrected chi connectivity index (χ4v) is 0.743. The monoisotopic (exact) mass is 193 g/mol. The average Bonchev–Trinajstić information content (AvgIpc) is 2.14. The summed E-state index contributed by atoms with van der Waals surface area (Å²) >= 11 is 0. The number of nitrogens with zero attached hydrogens (tertiary/aromatic N) is 1. The van der Waals surface area contributed by atoms with Crippen molar-refractivity contribution in [3.05, 3.63) is 11.8 Å².